The molecule has 0 spiro atoms. The largest absolute Gasteiger partial charge is 0.325 e. The third-order valence-corrected chi connectivity index (χ3v) is 3.08. The summed E-state index contributed by atoms with van der Waals surface area (Å²) >= 11 is 11.6. The van der Waals surface area contributed by atoms with Crippen LogP contribution in [0.5, 0.6) is 0 Å². The van der Waals surface area contributed by atoms with Gasteiger partial charge in [0.1, 0.15) is 5.92 Å². The van der Waals surface area contributed by atoms with Crippen LogP contribution in [0.25, 0.3) is 0 Å². The number of hydrogen-bond donors (Lipinski definition) is 3. The molecule has 1 aromatic rings. The van der Waals surface area contributed by atoms with Crippen molar-refractivity contribution in [3.8, 4) is 0 Å². The highest BCUT2D eigenvalue weighted by Crippen LogP contribution is 2.25. The van der Waals surface area contributed by atoms with Gasteiger partial charge in [-0.1, -0.05) is 23.2 Å². The first-order valence-electron chi connectivity index (χ1n) is 5.32. The first kappa shape index (κ1) is 13.6. The molecule has 0 unspecified atom stereocenters. The van der Waals surface area contributed by atoms with Gasteiger partial charge in [-0.3, -0.25) is 25.2 Å². The summed E-state index contributed by atoms with van der Waals surface area (Å²) in [4.78, 5) is 34.3. The first-order valence-corrected chi connectivity index (χ1v) is 6.07. The Balaban J connectivity index is 2.01. The lowest BCUT2D eigenvalue weighted by Gasteiger charge is -2.08. The zero-order chi connectivity index (χ0) is 14.0. The lowest BCUT2D eigenvalue weighted by Crippen LogP contribution is -2.28. The molecular weight excluding hydrogens is 293 g/mol. The van der Waals surface area contributed by atoms with Crippen LogP contribution in [0.4, 0.5) is 5.69 Å². The molecule has 1 aromatic carbocycles. The first-order chi connectivity index (χ1) is 8.97. The van der Waals surface area contributed by atoms with E-state index in [9.17, 15) is 14.4 Å². The topological polar surface area (TPSA) is 87.3 Å². The molecule has 0 aliphatic carbocycles. The smallest absolute Gasteiger partial charge is 0.251 e. The van der Waals surface area contributed by atoms with Gasteiger partial charge in [0.25, 0.3) is 11.8 Å². The van der Waals surface area contributed by atoms with Gasteiger partial charge in [-0.25, -0.2) is 0 Å². The molecule has 1 fully saturated rings. The van der Waals surface area contributed by atoms with Gasteiger partial charge in [-0.15, -0.1) is 0 Å². The molecule has 19 heavy (non-hydrogen) atoms. The number of anilines is 1. The van der Waals surface area contributed by atoms with Crippen molar-refractivity contribution in [1.82, 2.24) is 10.9 Å². The fraction of sp³-hybridized carbons (Fsp3) is 0.182. The average molecular weight is 302 g/mol. The summed E-state index contributed by atoms with van der Waals surface area (Å²) < 4.78 is 0. The summed E-state index contributed by atoms with van der Waals surface area (Å²) in [5.74, 6) is -2.56. The van der Waals surface area contributed by atoms with Crippen LogP contribution in [-0.2, 0) is 14.4 Å². The molecule has 1 heterocycles. The minimum atomic E-state index is -1.02. The van der Waals surface area contributed by atoms with Crippen molar-refractivity contribution in [1.29, 1.82) is 0 Å². The Labute approximate surface area is 118 Å². The average Bonchev–Trinajstić information content (AvgIpc) is 2.65. The van der Waals surface area contributed by atoms with E-state index in [1.165, 1.54) is 12.1 Å². The molecule has 6 nitrogen and oxygen atoms in total. The number of benzene rings is 1. The zero-order valence-corrected chi connectivity index (χ0v) is 11.0. The predicted octanol–water partition coefficient (Wildman–Crippen LogP) is 1.10. The normalized spacial score (nSPS) is 15.1. The summed E-state index contributed by atoms with van der Waals surface area (Å²) in [6, 6.07) is 4.59. The Bertz CT molecular complexity index is 546. The van der Waals surface area contributed by atoms with Gasteiger partial charge in [0, 0.05) is 11.4 Å². The fourth-order valence-corrected chi connectivity index (χ4v) is 2.04. The molecule has 3 N–H and O–H groups in total. The van der Waals surface area contributed by atoms with Crippen LogP contribution in [0.1, 0.15) is 6.42 Å². The van der Waals surface area contributed by atoms with Crippen LogP contribution in [-0.4, -0.2) is 17.7 Å². The maximum atomic E-state index is 11.7. The number of hydrogen-bond acceptors (Lipinski definition) is 3. The Kier molecular flexibility index (Phi) is 3.92. The van der Waals surface area contributed by atoms with E-state index in [4.69, 9.17) is 23.2 Å². The van der Waals surface area contributed by atoms with E-state index in [-0.39, 0.29) is 11.4 Å². The molecule has 0 bridgehead atoms. The quantitative estimate of drug-likeness (QED) is 0.731. The zero-order valence-electron chi connectivity index (χ0n) is 9.50. The lowest BCUT2D eigenvalue weighted by atomic mass is 10.1. The third kappa shape index (κ3) is 3.15. The van der Waals surface area contributed by atoms with Gasteiger partial charge in [-0.05, 0) is 18.2 Å². The second kappa shape index (κ2) is 5.46. The second-order valence-corrected chi connectivity index (χ2v) is 4.75. The molecule has 0 saturated carbocycles. The van der Waals surface area contributed by atoms with E-state index in [2.05, 4.69) is 16.2 Å². The van der Waals surface area contributed by atoms with Crippen molar-refractivity contribution in [2.75, 3.05) is 5.32 Å². The maximum Gasteiger partial charge on any atom is 0.251 e. The summed E-state index contributed by atoms with van der Waals surface area (Å²) in [5, 5.41) is 3.24. The van der Waals surface area contributed by atoms with Gasteiger partial charge in [0.15, 0.2) is 0 Å². The molecule has 0 aromatic heterocycles. The molecule has 3 amide bonds. The summed E-state index contributed by atoms with van der Waals surface area (Å²) in [6.07, 6.45) is -0.253. The van der Waals surface area contributed by atoms with Crippen LogP contribution >= 0.6 is 23.2 Å². The Morgan fingerprint density at radius 3 is 2.42 bits per heavy atom. The van der Waals surface area contributed by atoms with Crippen molar-refractivity contribution in [3.05, 3.63) is 28.2 Å². The van der Waals surface area contributed by atoms with Crippen molar-refractivity contribution < 1.29 is 14.4 Å². The number of halogens is 2. The standard InChI is InChI=1S/C11H9Cl2N3O3/c12-5-1-2-8(7(13)3-5)14-9(17)4-6-10(18)15-16-11(6)19/h1-3,6H,4H2,(H,14,17)(H,15,18)(H,16,19). The highest BCUT2D eigenvalue weighted by Gasteiger charge is 2.34. The molecule has 100 valence electrons. The Morgan fingerprint density at radius 1 is 1.21 bits per heavy atom. The van der Waals surface area contributed by atoms with Gasteiger partial charge in [-0.2, -0.15) is 0 Å². The van der Waals surface area contributed by atoms with Gasteiger partial charge >= 0.3 is 0 Å². The van der Waals surface area contributed by atoms with Gasteiger partial charge in [0.2, 0.25) is 5.91 Å². The van der Waals surface area contributed by atoms with Crippen LogP contribution in [0.2, 0.25) is 10.0 Å². The van der Waals surface area contributed by atoms with Crippen molar-refractivity contribution in [3.63, 3.8) is 0 Å². The predicted molar refractivity (Wildman–Crippen MR) is 69.5 cm³/mol. The van der Waals surface area contributed by atoms with E-state index in [1.54, 1.807) is 6.07 Å². The molecular formula is C11H9Cl2N3O3. The van der Waals surface area contributed by atoms with Gasteiger partial charge in [0.05, 0.1) is 10.7 Å². The molecule has 0 radical (unpaired) electrons. The number of carbonyl (C=O) groups is 3. The molecule has 1 aliphatic heterocycles. The molecule has 2 rings (SSSR count). The molecule has 0 atom stereocenters. The second-order valence-electron chi connectivity index (χ2n) is 3.91. The molecule has 1 saturated heterocycles. The van der Waals surface area contributed by atoms with Crippen LogP contribution in [0.15, 0.2) is 18.2 Å². The van der Waals surface area contributed by atoms with Crippen molar-refractivity contribution in [2.45, 2.75) is 6.42 Å². The summed E-state index contributed by atoms with van der Waals surface area (Å²) in [6.45, 7) is 0. The van der Waals surface area contributed by atoms with E-state index < -0.39 is 23.6 Å². The highest BCUT2D eigenvalue weighted by atomic mass is 35.5. The maximum absolute atomic E-state index is 11.7. The summed E-state index contributed by atoms with van der Waals surface area (Å²) in [7, 11) is 0. The monoisotopic (exact) mass is 301 g/mol. The number of carbonyl (C=O) groups excluding carboxylic acids is 3. The summed E-state index contributed by atoms with van der Waals surface area (Å²) in [5.41, 5.74) is 4.66. The number of amides is 3. The number of hydrazine groups is 1. The minimum Gasteiger partial charge on any atom is -0.325 e. The van der Waals surface area contributed by atoms with Crippen LogP contribution in [0, 0.1) is 5.92 Å². The fourth-order valence-electron chi connectivity index (χ4n) is 1.58. The minimum absolute atomic E-state index is 0.253. The molecule has 8 heteroatoms. The van der Waals surface area contributed by atoms with Gasteiger partial charge < -0.3 is 5.32 Å². The highest BCUT2D eigenvalue weighted by molar-refractivity contribution is 6.36. The van der Waals surface area contributed by atoms with Crippen molar-refractivity contribution in [2.24, 2.45) is 5.92 Å². The Morgan fingerprint density at radius 2 is 1.84 bits per heavy atom. The van der Waals surface area contributed by atoms with E-state index in [1.807, 2.05) is 0 Å². The van der Waals surface area contributed by atoms with E-state index >= 15 is 0 Å². The SMILES string of the molecule is O=C(CC1C(=O)NNC1=O)Nc1ccc(Cl)cc1Cl. The van der Waals surface area contributed by atoms with E-state index in [0.29, 0.717) is 10.7 Å². The Hall–Kier alpha value is -1.79. The van der Waals surface area contributed by atoms with E-state index in [0.717, 1.165) is 0 Å². The van der Waals surface area contributed by atoms with Crippen LogP contribution < -0.4 is 16.2 Å². The lowest BCUT2D eigenvalue weighted by molar-refractivity contribution is -0.131. The third-order valence-electron chi connectivity index (χ3n) is 2.54. The number of nitrogens with one attached hydrogen (secondary N) is 3. The molecule has 1 aliphatic rings. The van der Waals surface area contributed by atoms with Crippen LogP contribution in [0.3, 0.4) is 0 Å². The number of rotatable bonds is 3. The van der Waals surface area contributed by atoms with Crippen molar-refractivity contribution >= 4 is 46.6 Å².